The Morgan fingerprint density at radius 1 is 1.37 bits per heavy atom. The number of halogens is 1. The van der Waals surface area contributed by atoms with Crippen molar-refractivity contribution in [2.45, 2.75) is 37.9 Å². The number of aromatic nitrogens is 2. The van der Waals surface area contributed by atoms with Gasteiger partial charge in [-0.3, -0.25) is 14.4 Å². The van der Waals surface area contributed by atoms with Gasteiger partial charge in [0.05, 0.1) is 12.4 Å². The number of carbonyl (C=O) groups is 2. The number of nitrogens with one attached hydrogen (secondary N) is 1. The van der Waals surface area contributed by atoms with E-state index in [-0.39, 0.29) is 29.5 Å². The third kappa shape index (κ3) is 5.46. The van der Waals surface area contributed by atoms with Gasteiger partial charge in [0.25, 0.3) is 5.91 Å². The van der Waals surface area contributed by atoms with Crippen LogP contribution in [0, 0.1) is 5.92 Å². The zero-order valence-corrected chi connectivity index (χ0v) is 17.1. The van der Waals surface area contributed by atoms with Crippen LogP contribution in [0.5, 0.6) is 0 Å². The molecular formula is C17H24ClN5O3S. The Kier molecular flexibility index (Phi) is 6.78. The van der Waals surface area contributed by atoms with Crippen LogP contribution < -0.4 is 10.4 Å². The van der Waals surface area contributed by atoms with Crippen LogP contribution in [0.15, 0.2) is 11.2 Å². The summed E-state index contributed by atoms with van der Waals surface area (Å²) in [7, 11) is 0. The van der Waals surface area contributed by atoms with Gasteiger partial charge in [0.15, 0.2) is 5.16 Å². The molecule has 8 nitrogen and oxygen atoms in total. The molecule has 2 fully saturated rings. The van der Waals surface area contributed by atoms with Crippen LogP contribution in [0.1, 0.15) is 26.7 Å². The maximum Gasteiger partial charge on any atom is 0.254 e. The maximum absolute atomic E-state index is 12.4. The minimum atomic E-state index is -0.257. The Morgan fingerprint density at radius 3 is 2.81 bits per heavy atom. The SMILES string of the molecule is CCONC(=O)CSc1nc(Cl)cc(N2CCN(C(=O)C3CC3)[C@@H](C)C2)n1. The lowest BCUT2D eigenvalue weighted by Crippen LogP contribution is -2.54. The quantitative estimate of drug-likeness (QED) is 0.315. The Balaban J connectivity index is 1.60. The molecule has 10 heteroatoms. The van der Waals surface area contributed by atoms with Crippen molar-refractivity contribution in [1.29, 1.82) is 0 Å². The van der Waals surface area contributed by atoms with E-state index in [1.807, 2.05) is 4.90 Å². The largest absolute Gasteiger partial charge is 0.353 e. The van der Waals surface area contributed by atoms with Crippen LogP contribution in [0.2, 0.25) is 5.15 Å². The molecule has 1 atom stereocenters. The van der Waals surface area contributed by atoms with Crippen molar-refractivity contribution in [3.05, 3.63) is 11.2 Å². The first-order valence-corrected chi connectivity index (χ1v) is 10.5. The summed E-state index contributed by atoms with van der Waals surface area (Å²) in [6.07, 6.45) is 2.04. The monoisotopic (exact) mass is 413 g/mol. The van der Waals surface area contributed by atoms with E-state index in [4.69, 9.17) is 16.4 Å². The molecule has 1 saturated heterocycles. The van der Waals surface area contributed by atoms with E-state index >= 15 is 0 Å². The number of rotatable bonds is 7. The number of anilines is 1. The fourth-order valence-electron chi connectivity index (χ4n) is 2.98. The molecule has 2 aliphatic rings. The van der Waals surface area contributed by atoms with Gasteiger partial charge in [-0.2, -0.15) is 0 Å². The minimum absolute atomic E-state index is 0.119. The zero-order chi connectivity index (χ0) is 19.4. The Labute approximate surface area is 167 Å². The lowest BCUT2D eigenvalue weighted by Gasteiger charge is -2.40. The van der Waals surface area contributed by atoms with Crippen LogP contribution in [0.25, 0.3) is 0 Å². The van der Waals surface area contributed by atoms with Gasteiger partial charge in [-0.15, -0.1) is 0 Å². The van der Waals surface area contributed by atoms with E-state index in [1.165, 1.54) is 11.8 Å². The highest BCUT2D eigenvalue weighted by molar-refractivity contribution is 7.99. The molecule has 0 bridgehead atoms. The zero-order valence-electron chi connectivity index (χ0n) is 15.5. The Bertz CT molecular complexity index is 703. The Hall–Kier alpha value is -1.58. The summed E-state index contributed by atoms with van der Waals surface area (Å²) in [4.78, 5) is 41.7. The number of piperazine rings is 1. The average Bonchev–Trinajstić information content (AvgIpc) is 3.49. The first kappa shape index (κ1) is 20.2. The molecule has 2 amide bonds. The number of amides is 2. The summed E-state index contributed by atoms with van der Waals surface area (Å²) in [5, 5.41) is 0.769. The van der Waals surface area contributed by atoms with Crippen molar-refractivity contribution in [1.82, 2.24) is 20.3 Å². The van der Waals surface area contributed by atoms with E-state index < -0.39 is 0 Å². The molecule has 3 rings (SSSR count). The van der Waals surface area contributed by atoms with Crippen LogP contribution in [0.3, 0.4) is 0 Å². The molecule has 0 radical (unpaired) electrons. The van der Waals surface area contributed by atoms with Gasteiger partial charge in [-0.05, 0) is 26.7 Å². The molecule has 1 aliphatic carbocycles. The molecule has 0 aromatic carbocycles. The Morgan fingerprint density at radius 2 is 2.15 bits per heavy atom. The number of carbonyl (C=O) groups excluding carboxylic acids is 2. The van der Waals surface area contributed by atoms with Crippen molar-refractivity contribution in [2.24, 2.45) is 5.92 Å². The summed E-state index contributed by atoms with van der Waals surface area (Å²) < 4.78 is 0. The van der Waals surface area contributed by atoms with Crippen LogP contribution in [-0.2, 0) is 14.4 Å². The first-order chi connectivity index (χ1) is 13.0. The summed E-state index contributed by atoms with van der Waals surface area (Å²) >= 11 is 7.35. The minimum Gasteiger partial charge on any atom is -0.353 e. The molecule has 27 heavy (non-hydrogen) atoms. The summed E-state index contributed by atoms with van der Waals surface area (Å²) in [6, 6.07) is 1.84. The number of nitrogens with zero attached hydrogens (tertiary/aromatic N) is 4. The lowest BCUT2D eigenvalue weighted by molar-refractivity contribution is -0.135. The summed E-state index contributed by atoms with van der Waals surface area (Å²) in [5.41, 5.74) is 2.33. The van der Waals surface area contributed by atoms with Crippen molar-refractivity contribution < 1.29 is 14.4 Å². The second-order valence-electron chi connectivity index (χ2n) is 6.68. The van der Waals surface area contributed by atoms with E-state index in [0.29, 0.717) is 42.4 Å². The van der Waals surface area contributed by atoms with E-state index in [1.54, 1.807) is 13.0 Å². The molecule has 148 valence electrons. The second-order valence-corrected chi connectivity index (χ2v) is 8.01. The molecule has 1 aliphatic heterocycles. The highest BCUT2D eigenvalue weighted by atomic mass is 35.5. The molecule has 0 spiro atoms. The highest BCUT2D eigenvalue weighted by Crippen LogP contribution is 2.32. The second kappa shape index (κ2) is 9.07. The van der Waals surface area contributed by atoms with Gasteiger partial charge in [0.2, 0.25) is 5.91 Å². The van der Waals surface area contributed by atoms with Crippen molar-refractivity contribution in [2.75, 3.05) is 36.9 Å². The maximum atomic E-state index is 12.4. The number of thioether (sulfide) groups is 1. The van der Waals surface area contributed by atoms with Crippen LogP contribution >= 0.6 is 23.4 Å². The number of hydrogen-bond acceptors (Lipinski definition) is 7. The van der Waals surface area contributed by atoms with Gasteiger partial charge in [-0.1, -0.05) is 23.4 Å². The first-order valence-electron chi connectivity index (χ1n) is 9.11. The lowest BCUT2D eigenvalue weighted by atomic mass is 10.1. The van der Waals surface area contributed by atoms with E-state index in [0.717, 1.165) is 12.8 Å². The van der Waals surface area contributed by atoms with Crippen molar-refractivity contribution in [3.8, 4) is 0 Å². The predicted octanol–water partition coefficient (Wildman–Crippen LogP) is 1.74. The fraction of sp³-hybridized carbons (Fsp3) is 0.647. The number of hydrogen-bond donors (Lipinski definition) is 1. The molecule has 2 heterocycles. The number of hydroxylamine groups is 1. The fourth-order valence-corrected chi connectivity index (χ4v) is 3.85. The molecular weight excluding hydrogens is 390 g/mol. The average molecular weight is 414 g/mol. The molecule has 1 N–H and O–H groups in total. The third-order valence-corrected chi connectivity index (χ3v) is 5.53. The van der Waals surface area contributed by atoms with Gasteiger partial charge in [0, 0.05) is 37.7 Å². The van der Waals surface area contributed by atoms with Gasteiger partial charge >= 0.3 is 0 Å². The highest BCUT2D eigenvalue weighted by Gasteiger charge is 2.37. The third-order valence-electron chi connectivity index (χ3n) is 4.48. The topological polar surface area (TPSA) is 87.7 Å². The van der Waals surface area contributed by atoms with E-state index in [9.17, 15) is 9.59 Å². The van der Waals surface area contributed by atoms with Gasteiger partial charge in [0.1, 0.15) is 11.0 Å². The molecule has 1 aromatic rings. The predicted molar refractivity (Wildman–Crippen MR) is 104 cm³/mol. The molecule has 1 saturated carbocycles. The molecule has 0 unspecified atom stereocenters. The van der Waals surface area contributed by atoms with Gasteiger partial charge < -0.3 is 9.80 Å². The van der Waals surface area contributed by atoms with Crippen molar-refractivity contribution in [3.63, 3.8) is 0 Å². The summed E-state index contributed by atoms with van der Waals surface area (Å²) in [6.45, 7) is 6.33. The van der Waals surface area contributed by atoms with Crippen molar-refractivity contribution >= 4 is 41.0 Å². The van der Waals surface area contributed by atoms with Crippen LogP contribution in [0.4, 0.5) is 5.82 Å². The molecule has 1 aromatic heterocycles. The summed E-state index contributed by atoms with van der Waals surface area (Å²) in [5.74, 6) is 1.11. The van der Waals surface area contributed by atoms with Crippen LogP contribution in [-0.4, -0.2) is 64.7 Å². The standard InChI is InChI=1S/C17H24ClN5O3S/c1-3-26-21-15(24)10-27-17-19-13(18)8-14(20-17)22-6-7-23(11(2)9-22)16(25)12-4-5-12/h8,11-12H,3-7,9-10H2,1-2H3,(H,21,24)/t11-/m0/s1. The van der Waals surface area contributed by atoms with E-state index in [2.05, 4.69) is 27.3 Å². The normalized spacial score (nSPS) is 19.9. The smallest absolute Gasteiger partial charge is 0.254 e. The van der Waals surface area contributed by atoms with Gasteiger partial charge in [-0.25, -0.2) is 15.4 Å².